The van der Waals surface area contributed by atoms with Crippen LogP contribution in [0.1, 0.15) is 51.5 Å². The fourth-order valence-corrected chi connectivity index (χ4v) is 3.52. The van der Waals surface area contributed by atoms with Crippen molar-refractivity contribution in [2.24, 2.45) is 5.92 Å². The van der Waals surface area contributed by atoms with E-state index in [1.54, 1.807) is 0 Å². The zero-order chi connectivity index (χ0) is 15.1. The zero-order valence-electron chi connectivity index (χ0n) is 13.5. The molecule has 1 fully saturated rings. The fourth-order valence-electron chi connectivity index (χ4n) is 3.20. The summed E-state index contributed by atoms with van der Waals surface area (Å²) < 4.78 is 0. The van der Waals surface area contributed by atoms with Gasteiger partial charge in [0.2, 0.25) is 0 Å². The third-order valence-electron chi connectivity index (χ3n) is 4.42. The Labute approximate surface area is 134 Å². The second-order valence-electron chi connectivity index (χ2n) is 6.18. The lowest BCUT2D eigenvalue weighted by molar-refractivity contribution is 0.378. The van der Waals surface area contributed by atoms with Crippen molar-refractivity contribution in [3.63, 3.8) is 0 Å². The first-order valence-corrected chi connectivity index (χ1v) is 8.86. The second-order valence-corrected chi connectivity index (χ2v) is 6.59. The van der Waals surface area contributed by atoms with Gasteiger partial charge >= 0.3 is 0 Å². The lowest BCUT2D eigenvalue weighted by atomic mass is 9.92. The minimum Gasteiger partial charge on any atom is -0.370 e. The van der Waals surface area contributed by atoms with Crippen molar-refractivity contribution in [1.82, 2.24) is 5.32 Å². The predicted octanol–water partition coefficient (Wildman–Crippen LogP) is 4.86. The number of anilines is 1. The van der Waals surface area contributed by atoms with Crippen LogP contribution < -0.4 is 10.2 Å². The summed E-state index contributed by atoms with van der Waals surface area (Å²) >= 11 is 6.50. The molecule has 1 aromatic carbocycles. The highest BCUT2D eigenvalue weighted by Gasteiger charge is 2.20. The highest BCUT2D eigenvalue weighted by molar-refractivity contribution is 6.33. The molecule has 118 valence electrons. The Morgan fingerprint density at radius 2 is 1.95 bits per heavy atom. The Morgan fingerprint density at radius 1 is 1.19 bits per heavy atom. The maximum absolute atomic E-state index is 6.50. The normalized spacial score (nSPS) is 16.4. The van der Waals surface area contributed by atoms with Gasteiger partial charge in [-0.1, -0.05) is 44.4 Å². The molecule has 1 N–H and O–H groups in total. The molecule has 3 heteroatoms. The van der Waals surface area contributed by atoms with E-state index in [9.17, 15) is 0 Å². The summed E-state index contributed by atoms with van der Waals surface area (Å²) in [4.78, 5) is 2.46. The van der Waals surface area contributed by atoms with Crippen LogP contribution in [0.4, 0.5) is 5.69 Å². The first-order valence-electron chi connectivity index (χ1n) is 8.48. The van der Waals surface area contributed by atoms with Crippen LogP contribution in [-0.2, 0) is 6.54 Å². The standard InChI is InChI=1S/C18H29ClN2/c1-3-5-15-8-11-21(12-9-15)18-7-6-16(13-17(18)19)14-20-10-4-2/h6-7,13,15,20H,3-5,8-12,14H2,1-2H3. The summed E-state index contributed by atoms with van der Waals surface area (Å²) in [6.45, 7) is 8.74. The van der Waals surface area contributed by atoms with Crippen molar-refractivity contribution in [1.29, 1.82) is 0 Å². The van der Waals surface area contributed by atoms with E-state index in [0.29, 0.717) is 0 Å². The van der Waals surface area contributed by atoms with Gasteiger partial charge in [-0.3, -0.25) is 0 Å². The number of benzene rings is 1. The molecule has 2 nitrogen and oxygen atoms in total. The van der Waals surface area contributed by atoms with Crippen molar-refractivity contribution >= 4 is 17.3 Å². The van der Waals surface area contributed by atoms with E-state index in [1.165, 1.54) is 43.4 Å². The molecule has 2 rings (SSSR count). The molecule has 0 bridgehead atoms. The molecule has 1 saturated heterocycles. The van der Waals surface area contributed by atoms with Gasteiger partial charge < -0.3 is 10.2 Å². The van der Waals surface area contributed by atoms with E-state index in [0.717, 1.165) is 37.1 Å². The molecule has 0 amide bonds. The average molecular weight is 309 g/mol. The van der Waals surface area contributed by atoms with E-state index < -0.39 is 0 Å². The van der Waals surface area contributed by atoms with Crippen LogP contribution in [0.25, 0.3) is 0 Å². The van der Waals surface area contributed by atoms with Gasteiger partial charge in [-0.2, -0.15) is 0 Å². The second kappa shape index (κ2) is 8.65. The Balaban J connectivity index is 1.92. The van der Waals surface area contributed by atoms with Gasteiger partial charge in [0.15, 0.2) is 0 Å². The van der Waals surface area contributed by atoms with Crippen molar-refractivity contribution < 1.29 is 0 Å². The largest absolute Gasteiger partial charge is 0.370 e. The molecule has 21 heavy (non-hydrogen) atoms. The van der Waals surface area contributed by atoms with Crippen molar-refractivity contribution in [2.45, 2.75) is 52.5 Å². The molecule has 0 atom stereocenters. The molecule has 0 radical (unpaired) electrons. The number of nitrogens with one attached hydrogen (secondary N) is 1. The monoisotopic (exact) mass is 308 g/mol. The minimum atomic E-state index is 0.903. The lowest BCUT2D eigenvalue weighted by Crippen LogP contribution is -2.33. The number of hydrogen-bond donors (Lipinski definition) is 1. The van der Waals surface area contributed by atoms with Crippen LogP contribution in [0, 0.1) is 5.92 Å². The van der Waals surface area contributed by atoms with E-state index >= 15 is 0 Å². The molecule has 1 aromatic rings. The van der Waals surface area contributed by atoms with Crippen LogP contribution in [-0.4, -0.2) is 19.6 Å². The Bertz CT molecular complexity index is 425. The van der Waals surface area contributed by atoms with E-state index in [-0.39, 0.29) is 0 Å². The number of nitrogens with zero attached hydrogens (tertiary/aromatic N) is 1. The van der Waals surface area contributed by atoms with Crippen LogP contribution in [0.2, 0.25) is 5.02 Å². The summed E-state index contributed by atoms with van der Waals surface area (Å²) in [5.41, 5.74) is 2.49. The number of piperidine rings is 1. The topological polar surface area (TPSA) is 15.3 Å². The first kappa shape index (κ1) is 16.6. The number of rotatable bonds is 7. The summed E-state index contributed by atoms with van der Waals surface area (Å²) in [7, 11) is 0. The molecule has 0 spiro atoms. The maximum atomic E-state index is 6.50. The van der Waals surface area contributed by atoms with Crippen LogP contribution in [0.5, 0.6) is 0 Å². The van der Waals surface area contributed by atoms with Gasteiger partial charge in [0.1, 0.15) is 0 Å². The quantitative estimate of drug-likeness (QED) is 0.724. The predicted molar refractivity (Wildman–Crippen MR) is 93.3 cm³/mol. The van der Waals surface area contributed by atoms with Gasteiger partial charge in [0.25, 0.3) is 0 Å². The fraction of sp³-hybridized carbons (Fsp3) is 0.667. The van der Waals surface area contributed by atoms with Gasteiger partial charge in [0, 0.05) is 19.6 Å². The van der Waals surface area contributed by atoms with Crippen LogP contribution >= 0.6 is 11.6 Å². The smallest absolute Gasteiger partial charge is 0.0642 e. The van der Waals surface area contributed by atoms with Crippen molar-refractivity contribution in [3.8, 4) is 0 Å². The molecule has 1 aliphatic heterocycles. The van der Waals surface area contributed by atoms with Gasteiger partial charge in [0.05, 0.1) is 10.7 Å². The van der Waals surface area contributed by atoms with Crippen molar-refractivity contribution in [2.75, 3.05) is 24.5 Å². The minimum absolute atomic E-state index is 0.903. The average Bonchev–Trinajstić information content (AvgIpc) is 2.49. The van der Waals surface area contributed by atoms with Gasteiger partial charge in [-0.05, 0) is 49.4 Å². The molecule has 0 aromatic heterocycles. The van der Waals surface area contributed by atoms with E-state index in [4.69, 9.17) is 11.6 Å². The SMILES string of the molecule is CCCNCc1ccc(N2CCC(CCC)CC2)c(Cl)c1. The van der Waals surface area contributed by atoms with Gasteiger partial charge in [-0.15, -0.1) is 0 Å². The molecule has 1 aliphatic rings. The molecule has 0 unspecified atom stereocenters. The van der Waals surface area contributed by atoms with Crippen LogP contribution in [0.3, 0.4) is 0 Å². The third kappa shape index (κ3) is 4.89. The Hall–Kier alpha value is -0.730. The number of halogens is 1. The summed E-state index contributed by atoms with van der Waals surface area (Å²) in [6, 6.07) is 6.53. The Morgan fingerprint density at radius 3 is 2.57 bits per heavy atom. The maximum Gasteiger partial charge on any atom is 0.0642 e. The Kier molecular flexibility index (Phi) is 6.85. The highest BCUT2D eigenvalue weighted by Crippen LogP contribution is 2.31. The first-order chi connectivity index (χ1) is 10.2. The highest BCUT2D eigenvalue weighted by atomic mass is 35.5. The van der Waals surface area contributed by atoms with Crippen LogP contribution in [0.15, 0.2) is 18.2 Å². The zero-order valence-corrected chi connectivity index (χ0v) is 14.3. The molecular formula is C18H29ClN2. The molecule has 0 aliphatic carbocycles. The van der Waals surface area contributed by atoms with E-state index in [2.05, 4.69) is 42.3 Å². The lowest BCUT2D eigenvalue weighted by Gasteiger charge is -2.34. The van der Waals surface area contributed by atoms with Crippen molar-refractivity contribution in [3.05, 3.63) is 28.8 Å². The van der Waals surface area contributed by atoms with E-state index in [1.807, 2.05) is 0 Å². The molecule has 1 heterocycles. The summed E-state index contributed by atoms with van der Waals surface area (Å²) in [5.74, 6) is 0.919. The third-order valence-corrected chi connectivity index (χ3v) is 4.72. The van der Waals surface area contributed by atoms with Gasteiger partial charge in [-0.25, -0.2) is 0 Å². The molecule has 0 saturated carbocycles. The summed E-state index contributed by atoms with van der Waals surface area (Å²) in [6.07, 6.45) is 6.47. The summed E-state index contributed by atoms with van der Waals surface area (Å²) in [5, 5.41) is 4.33. The molecular weight excluding hydrogens is 280 g/mol. The number of hydrogen-bond acceptors (Lipinski definition) is 2.